The van der Waals surface area contributed by atoms with Crippen molar-refractivity contribution in [1.82, 2.24) is 0 Å². The summed E-state index contributed by atoms with van der Waals surface area (Å²) in [4.78, 5) is 0.0936. The van der Waals surface area contributed by atoms with Crippen molar-refractivity contribution in [1.29, 1.82) is 5.26 Å². The summed E-state index contributed by atoms with van der Waals surface area (Å²) in [6.45, 7) is 0. The number of nitrogens with two attached hydrogens (primary N) is 1. The maximum absolute atomic E-state index is 12.2. The number of hydrogen-bond acceptors (Lipinski definition) is 4. The van der Waals surface area contributed by atoms with E-state index in [1.54, 1.807) is 0 Å². The predicted octanol–water partition coefficient (Wildman–Crippen LogP) is 2.70. The maximum Gasteiger partial charge on any atom is 0.263 e. The van der Waals surface area contributed by atoms with Crippen LogP contribution >= 0.6 is 15.9 Å². The number of nitriles is 1. The molecule has 2 aromatic rings. The highest BCUT2D eigenvalue weighted by molar-refractivity contribution is 9.10. The fourth-order valence-corrected chi connectivity index (χ4v) is 3.71. The van der Waals surface area contributed by atoms with Gasteiger partial charge >= 0.3 is 0 Å². The molecule has 0 heterocycles. The number of halogens is 1. The molecule has 7 heteroatoms. The number of hydrogen-bond donors (Lipinski definition) is 2. The Labute approximate surface area is 125 Å². The van der Waals surface area contributed by atoms with Crippen molar-refractivity contribution >= 4 is 37.3 Å². The van der Waals surface area contributed by atoms with Gasteiger partial charge in [-0.2, -0.15) is 5.26 Å². The zero-order valence-corrected chi connectivity index (χ0v) is 12.6. The van der Waals surface area contributed by atoms with Gasteiger partial charge in [0, 0.05) is 15.8 Å². The summed E-state index contributed by atoms with van der Waals surface area (Å²) in [6, 6.07) is 12.6. The van der Waals surface area contributed by atoms with Gasteiger partial charge in [0.05, 0.1) is 11.6 Å². The lowest BCUT2D eigenvalue weighted by Crippen LogP contribution is -2.13. The van der Waals surface area contributed by atoms with Gasteiger partial charge in [0.2, 0.25) is 0 Å². The normalized spacial score (nSPS) is 10.8. The lowest BCUT2D eigenvalue weighted by Gasteiger charge is -2.10. The summed E-state index contributed by atoms with van der Waals surface area (Å²) in [5, 5.41) is 8.69. The van der Waals surface area contributed by atoms with Crippen LogP contribution in [0.4, 0.5) is 11.4 Å². The van der Waals surface area contributed by atoms with Gasteiger partial charge in [-0.3, -0.25) is 4.72 Å². The van der Waals surface area contributed by atoms with Crippen molar-refractivity contribution in [2.24, 2.45) is 0 Å². The molecule has 20 heavy (non-hydrogen) atoms. The first kappa shape index (κ1) is 14.4. The first-order chi connectivity index (χ1) is 9.42. The van der Waals surface area contributed by atoms with Crippen LogP contribution in [-0.4, -0.2) is 8.42 Å². The molecule has 0 amide bonds. The second-order valence-electron chi connectivity index (χ2n) is 3.98. The number of anilines is 2. The van der Waals surface area contributed by atoms with Crippen LogP contribution in [0.15, 0.2) is 51.8 Å². The Morgan fingerprint density at radius 3 is 2.35 bits per heavy atom. The predicted molar refractivity (Wildman–Crippen MR) is 80.5 cm³/mol. The van der Waals surface area contributed by atoms with Crippen molar-refractivity contribution < 1.29 is 8.42 Å². The SMILES string of the molecule is N#Cc1ccc(NS(=O)(=O)c2ccc(N)cc2Br)cc1. The van der Waals surface area contributed by atoms with Gasteiger partial charge < -0.3 is 5.73 Å². The molecule has 0 aliphatic carbocycles. The molecule has 0 unspecified atom stereocenters. The van der Waals surface area contributed by atoms with Crippen molar-refractivity contribution in [3.63, 3.8) is 0 Å². The van der Waals surface area contributed by atoms with E-state index in [4.69, 9.17) is 11.0 Å². The average Bonchev–Trinajstić information content (AvgIpc) is 2.38. The lowest BCUT2D eigenvalue weighted by atomic mass is 10.2. The van der Waals surface area contributed by atoms with E-state index in [0.717, 1.165) is 0 Å². The molecule has 2 aromatic carbocycles. The number of nitrogens with zero attached hydrogens (tertiary/aromatic N) is 1. The van der Waals surface area contributed by atoms with Gasteiger partial charge in [-0.1, -0.05) is 0 Å². The third kappa shape index (κ3) is 3.10. The van der Waals surface area contributed by atoms with Crippen LogP contribution in [0.2, 0.25) is 0 Å². The number of nitrogens with one attached hydrogen (secondary N) is 1. The zero-order chi connectivity index (χ0) is 14.8. The van der Waals surface area contributed by atoms with Crippen LogP contribution in [0.1, 0.15) is 5.56 Å². The van der Waals surface area contributed by atoms with E-state index in [9.17, 15) is 8.42 Å². The molecule has 0 saturated heterocycles. The van der Waals surface area contributed by atoms with Crippen molar-refractivity contribution in [3.05, 3.63) is 52.5 Å². The molecule has 0 radical (unpaired) electrons. The Kier molecular flexibility index (Phi) is 3.97. The Morgan fingerprint density at radius 2 is 1.80 bits per heavy atom. The second kappa shape index (κ2) is 5.53. The highest BCUT2D eigenvalue weighted by atomic mass is 79.9. The molecule has 102 valence electrons. The number of nitrogen functional groups attached to an aromatic ring is 1. The average molecular weight is 352 g/mol. The smallest absolute Gasteiger partial charge is 0.263 e. The summed E-state index contributed by atoms with van der Waals surface area (Å²) in [7, 11) is -3.72. The van der Waals surface area contributed by atoms with E-state index in [1.807, 2.05) is 6.07 Å². The zero-order valence-electron chi connectivity index (χ0n) is 10.2. The van der Waals surface area contributed by atoms with E-state index in [1.165, 1.54) is 42.5 Å². The maximum atomic E-state index is 12.2. The standard InChI is InChI=1S/C13H10BrN3O2S/c14-12-7-10(16)3-6-13(12)20(18,19)17-11-4-1-9(8-15)2-5-11/h1-7,17H,16H2. The first-order valence-electron chi connectivity index (χ1n) is 5.50. The molecule has 0 saturated carbocycles. The third-order valence-electron chi connectivity index (χ3n) is 2.51. The molecule has 0 bridgehead atoms. The molecule has 0 spiro atoms. The van der Waals surface area contributed by atoms with Crippen LogP contribution < -0.4 is 10.5 Å². The highest BCUT2D eigenvalue weighted by Crippen LogP contribution is 2.26. The molecule has 0 atom stereocenters. The van der Waals surface area contributed by atoms with E-state index >= 15 is 0 Å². The minimum Gasteiger partial charge on any atom is -0.399 e. The highest BCUT2D eigenvalue weighted by Gasteiger charge is 2.17. The van der Waals surface area contributed by atoms with Gasteiger partial charge in [-0.25, -0.2) is 8.42 Å². The van der Waals surface area contributed by atoms with Crippen LogP contribution in [0.25, 0.3) is 0 Å². The second-order valence-corrected chi connectivity index (χ2v) is 6.49. The van der Waals surface area contributed by atoms with Gasteiger partial charge in [0.15, 0.2) is 0 Å². The summed E-state index contributed by atoms with van der Waals surface area (Å²) in [5.41, 5.74) is 6.89. The van der Waals surface area contributed by atoms with Crippen LogP contribution in [0.3, 0.4) is 0 Å². The molecule has 3 N–H and O–H groups in total. The Balaban J connectivity index is 2.33. The van der Waals surface area contributed by atoms with Crippen molar-refractivity contribution in [2.45, 2.75) is 4.90 Å². The minimum atomic E-state index is -3.72. The minimum absolute atomic E-state index is 0.0936. The molecule has 0 aromatic heterocycles. The van der Waals surface area contributed by atoms with Crippen LogP contribution in [0, 0.1) is 11.3 Å². The fraction of sp³-hybridized carbons (Fsp3) is 0. The molecular formula is C13H10BrN3O2S. The third-order valence-corrected chi connectivity index (χ3v) is 4.87. The number of benzene rings is 2. The Bertz CT molecular complexity index is 780. The molecule has 0 aliphatic rings. The molecular weight excluding hydrogens is 342 g/mol. The van der Waals surface area contributed by atoms with Crippen LogP contribution in [0.5, 0.6) is 0 Å². The van der Waals surface area contributed by atoms with Crippen molar-refractivity contribution in [2.75, 3.05) is 10.5 Å². The molecule has 2 rings (SSSR count). The van der Waals surface area contributed by atoms with Crippen LogP contribution in [-0.2, 0) is 10.0 Å². The van der Waals surface area contributed by atoms with E-state index in [-0.39, 0.29) is 4.90 Å². The number of rotatable bonds is 3. The Hall–Kier alpha value is -2.04. The molecule has 5 nitrogen and oxygen atoms in total. The Morgan fingerprint density at radius 1 is 1.15 bits per heavy atom. The van der Waals surface area contributed by atoms with Gasteiger partial charge in [0.1, 0.15) is 4.90 Å². The lowest BCUT2D eigenvalue weighted by molar-refractivity contribution is 0.601. The topological polar surface area (TPSA) is 96.0 Å². The quantitative estimate of drug-likeness (QED) is 0.830. The number of sulfonamides is 1. The molecule has 0 fully saturated rings. The summed E-state index contributed by atoms with van der Waals surface area (Å²) < 4.78 is 27.3. The monoisotopic (exact) mass is 351 g/mol. The van der Waals surface area contributed by atoms with E-state index in [2.05, 4.69) is 20.7 Å². The summed E-state index contributed by atoms with van der Waals surface area (Å²) in [6.07, 6.45) is 0. The largest absolute Gasteiger partial charge is 0.399 e. The van der Waals surface area contributed by atoms with E-state index in [0.29, 0.717) is 21.4 Å². The fourth-order valence-electron chi connectivity index (χ4n) is 1.56. The molecule has 0 aliphatic heterocycles. The van der Waals surface area contributed by atoms with Gasteiger partial charge in [-0.15, -0.1) is 0 Å². The van der Waals surface area contributed by atoms with Gasteiger partial charge in [-0.05, 0) is 58.4 Å². The first-order valence-corrected chi connectivity index (χ1v) is 7.78. The van der Waals surface area contributed by atoms with Gasteiger partial charge in [0.25, 0.3) is 10.0 Å². The van der Waals surface area contributed by atoms with Crippen molar-refractivity contribution in [3.8, 4) is 6.07 Å². The summed E-state index contributed by atoms with van der Waals surface area (Å²) in [5.74, 6) is 0. The summed E-state index contributed by atoms with van der Waals surface area (Å²) >= 11 is 3.18. The van der Waals surface area contributed by atoms with E-state index < -0.39 is 10.0 Å².